The maximum atomic E-state index is 11.8. The third-order valence-electron chi connectivity index (χ3n) is 4.48. The predicted octanol–water partition coefficient (Wildman–Crippen LogP) is 4.53. The van der Waals surface area contributed by atoms with Crippen LogP contribution in [0.5, 0.6) is 11.5 Å². The molecule has 28 heavy (non-hydrogen) atoms. The molecule has 1 aliphatic rings. The van der Waals surface area contributed by atoms with E-state index in [0.717, 1.165) is 33.6 Å². The SMILES string of the molecule is CC(C)Oc1ccc(-c2ccc(-c3cccc4c3OS(=O)(=O)NC4)cc2)cc1. The number of para-hydroxylation sites is 1. The number of hydrogen-bond donors (Lipinski definition) is 1. The molecule has 5 nitrogen and oxygen atoms in total. The Labute approximate surface area is 165 Å². The Morgan fingerprint density at radius 1 is 0.893 bits per heavy atom. The highest BCUT2D eigenvalue weighted by Crippen LogP contribution is 2.37. The maximum Gasteiger partial charge on any atom is 0.382 e. The molecule has 4 rings (SSSR count). The van der Waals surface area contributed by atoms with Crippen LogP contribution < -0.4 is 13.6 Å². The molecule has 1 heterocycles. The van der Waals surface area contributed by atoms with Gasteiger partial charge in [-0.15, -0.1) is 0 Å². The van der Waals surface area contributed by atoms with Gasteiger partial charge in [0.1, 0.15) is 5.75 Å². The lowest BCUT2D eigenvalue weighted by Crippen LogP contribution is -2.32. The second kappa shape index (κ2) is 7.30. The number of ether oxygens (including phenoxy) is 1. The lowest BCUT2D eigenvalue weighted by molar-refractivity contribution is 0.242. The summed E-state index contributed by atoms with van der Waals surface area (Å²) in [7, 11) is -3.75. The van der Waals surface area contributed by atoms with Crippen molar-refractivity contribution in [1.29, 1.82) is 0 Å². The molecule has 1 aliphatic heterocycles. The third-order valence-corrected chi connectivity index (χ3v) is 5.37. The average Bonchev–Trinajstić information content (AvgIpc) is 2.67. The lowest BCUT2D eigenvalue weighted by Gasteiger charge is -2.20. The van der Waals surface area contributed by atoms with Crippen molar-refractivity contribution in [2.45, 2.75) is 26.5 Å². The summed E-state index contributed by atoms with van der Waals surface area (Å²) in [4.78, 5) is 0. The first-order valence-electron chi connectivity index (χ1n) is 9.10. The number of fused-ring (bicyclic) bond motifs is 1. The summed E-state index contributed by atoms with van der Waals surface area (Å²) in [5, 5.41) is 0. The van der Waals surface area contributed by atoms with Crippen molar-refractivity contribution >= 4 is 10.3 Å². The fraction of sp³-hybridized carbons (Fsp3) is 0.182. The molecular formula is C22H21NO4S. The normalized spacial score (nSPS) is 15.0. The Bertz CT molecular complexity index is 1090. The molecule has 0 saturated heterocycles. The number of hydrogen-bond acceptors (Lipinski definition) is 4. The van der Waals surface area contributed by atoms with E-state index in [1.165, 1.54) is 0 Å². The number of rotatable bonds is 4. The van der Waals surface area contributed by atoms with Crippen LogP contribution in [0.15, 0.2) is 66.7 Å². The topological polar surface area (TPSA) is 64.6 Å². The van der Waals surface area contributed by atoms with Crippen LogP contribution in [0, 0.1) is 0 Å². The van der Waals surface area contributed by atoms with Crippen LogP contribution in [0.25, 0.3) is 22.3 Å². The lowest BCUT2D eigenvalue weighted by atomic mass is 9.98. The smallest absolute Gasteiger partial charge is 0.382 e. The molecule has 0 aromatic heterocycles. The molecule has 0 atom stereocenters. The van der Waals surface area contributed by atoms with Gasteiger partial charge in [-0.25, -0.2) is 0 Å². The molecule has 6 heteroatoms. The molecule has 3 aromatic carbocycles. The summed E-state index contributed by atoms with van der Waals surface area (Å²) in [6.07, 6.45) is 0.142. The first-order chi connectivity index (χ1) is 13.4. The van der Waals surface area contributed by atoms with Gasteiger partial charge in [-0.05, 0) is 42.7 Å². The van der Waals surface area contributed by atoms with Crippen molar-refractivity contribution in [3.63, 3.8) is 0 Å². The van der Waals surface area contributed by atoms with Gasteiger partial charge in [0, 0.05) is 17.7 Å². The Kier molecular flexibility index (Phi) is 4.83. The fourth-order valence-corrected chi connectivity index (χ4v) is 4.00. The van der Waals surface area contributed by atoms with Gasteiger partial charge in [0.25, 0.3) is 0 Å². The minimum absolute atomic E-state index is 0.142. The molecule has 0 spiro atoms. The highest BCUT2D eigenvalue weighted by atomic mass is 32.2. The van der Waals surface area contributed by atoms with Crippen LogP contribution in [-0.2, 0) is 16.8 Å². The molecule has 0 unspecified atom stereocenters. The fourth-order valence-electron chi connectivity index (χ4n) is 3.20. The third kappa shape index (κ3) is 3.88. The van der Waals surface area contributed by atoms with Gasteiger partial charge in [0.05, 0.1) is 6.10 Å². The molecule has 0 radical (unpaired) electrons. The van der Waals surface area contributed by atoms with E-state index >= 15 is 0 Å². The van der Waals surface area contributed by atoms with Gasteiger partial charge >= 0.3 is 10.3 Å². The van der Waals surface area contributed by atoms with Crippen LogP contribution in [-0.4, -0.2) is 14.5 Å². The van der Waals surface area contributed by atoms with E-state index in [2.05, 4.69) is 4.72 Å². The van der Waals surface area contributed by atoms with Crippen molar-refractivity contribution < 1.29 is 17.3 Å². The molecule has 0 bridgehead atoms. The molecule has 144 valence electrons. The molecular weight excluding hydrogens is 374 g/mol. The Hall–Kier alpha value is -2.83. The summed E-state index contributed by atoms with van der Waals surface area (Å²) in [6, 6.07) is 21.6. The zero-order chi connectivity index (χ0) is 19.7. The molecule has 0 fully saturated rings. The minimum Gasteiger partial charge on any atom is -0.491 e. The van der Waals surface area contributed by atoms with E-state index in [1.54, 1.807) is 0 Å². The maximum absolute atomic E-state index is 11.8. The quantitative estimate of drug-likeness (QED) is 0.705. The van der Waals surface area contributed by atoms with Gasteiger partial charge in [-0.1, -0.05) is 54.6 Å². The summed E-state index contributed by atoms with van der Waals surface area (Å²) >= 11 is 0. The van der Waals surface area contributed by atoms with Gasteiger partial charge in [-0.3, -0.25) is 0 Å². The van der Waals surface area contributed by atoms with E-state index in [-0.39, 0.29) is 12.6 Å². The molecule has 1 N–H and O–H groups in total. The molecule has 0 saturated carbocycles. The zero-order valence-corrected chi connectivity index (χ0v) is 16.5. The number of benzene rings is 3. The van der Waals surface area contributed by atoms with E-state index in [9.17, 15) is 8.42 Å². The van der Waals surface area contributed by atoms with Crippen molar-refractivity contribution in [1.82, 2.24) is 4.72 Å². The molecule has 0 aliphatic carbocycles. The first-order valence-corrected chi connectivity index (χ1v) is 10.5. The van der Waals surface area contributed by atoms with Crippen molar-refractivity contribution in [3.05, 3.63) is 72.3 Å². The average molecular weight is 395 g/mol. The van der Waals surface area contributed by atoms with Crippen LogP contribution >= 0.6 is 0 Å². The van der Waals surface area contributed by atoms with Crippen LogP contribution in [0.3, 0.4) is 0 Å². The van der Waals surface area contributed by atoms with Gasteiger partial charge in [-0.2, -0.15) is 13.1 Å². The Morgan fingerprint density at radius 2 is 1.50 bits per heavy atom. The van der Waals surface area contributed by atoms with Crippen LogP contribution in [0.2, 0.25) is 0 Å². The Morgan fingerprint density at radius 3 is 2.14 bits per heavy atom. The van der Waals surface area contributed by atoms with Crippen LogP contribution in [0.4, 0.5) is 0 Å². The second-order valence-corrected chi connectivity index (χ2v) is 8.28. The van der Waals surface area contributed by atoms with E-state index in [0.29, 0.717) is 5.75 Å². The van der Waals surface area contributed by atoms with Gasteiger partial charge in [0.15, 0.2) is 5.75 Å². The van der Waals surface area contributed by atoms with Crippen molar-refractivity contribution in [3.8, 4) is 33.8 Å². The van der Waals surface area contributed by atoms with Gasteiger partial charge < -0.3 is 8.92 Å². The standard InChI is InChI=1S/C22H21NO4S/c1-15(2)26-20-12-10-17(11-13-20)16-6-8-18(9-7-16)21-5-3-4-19-14-23-28(24,25)27-22(19)21/h3-13,15,23H,14H2,1-2H3. The highest BCUT2D eigenvalue weighted by molar-refractivity contribution is 7.85. The minimum atomic E-state index is -3.75. The van der Waals surface area contributed by atoms with E-state index < -0.39 is 10.3 Å². The number of nitrogens with one attached hydrogen (secondary N) is 1. The van der Waals surface area contributed by atoms with E-state index in [1.807, 2.05) is 80.6 Å². The van der Waals surface area contributed by atoms with Crippen molar-refractivity contribution in [2.75, 3.05) is 0 Å². The molecule has 0 amide bonds. The monoisotopic (exact) mass is 395 g/mol. The summed E-state index contributed by atoms with van der Waals surface area (Å²) in [5.41, 5.74) is 4.63. The first kappa shape index (κ1) is 18.5. The Balaban J connectivity index is 1.63. The van der Waals surface area contributed by atoms with E-state index in [4.69, 9.17) is 8.92 Å². The summed E-state index contributed by atoms with van der Waals surface area (Å²) in [6.45, 7) is 4.23. The van der Waals surface area contributed by atoms with Gasteiger partial charge in [0.2, 0.25) is 0 Å². The zero-order valence-electron chi connectivity index (χ0n) is 15.7. The predicted molar refractivity (Wildman–Crippen MR) is 109 cm³/mol. The summed E-state index contributed by atoms with van der Waals surface area (Å²) in [5.74, 6) is 1.24. The highest BCUT2D eigenvalue weighted by Gasteiger charge is 2.24. The summed E-state index contributed by atoms with van der Waals surface area (Å²) < 4.78 is 36.8. The second-order valence-electron chi connectivity index (χ2n) is 6.92. The van der Waals surface area contributed by atoms with Crippen molar-refractivity contribution in [2.24, 2.45) is 0 Å². The molecule has 3 aromatic rings. The largest absolute Gasteiger partial charge is 0.491 e. The van der Waals surface area contributed by atoms with Crippen LogP contribution in [0.1, 0.15) is 19.4 Å².